The van der Waals surface area contributed by atoms with Gasteiger partial charge in [-0.3, -0.25) is 14.4 Å². The Morgan fingerprint density at radius 3 is 0.932 bits per heavy atom. The second-order valence-corrected chi connectivity index (χ2v) is 17.1. The van der Waals surface area contributed by atoms with Crippen molar-refractivity contribution in [2.45, 2.75) is 271 Å². The summed E-state index contributed by atoms with van der Waals surface area (Å²) < 4.78 is 16.7. The van der Waals surface area contributed by atoms with Gasteiger partial charge in [0.25, 0.3) is 0 Å². The van der Waals surface area contributed by atoms with Crippen LogP contribution in [-0.2, 0) is 28.6 Å². The average Bonchev–Trinajstić information content (AvgIpc) is 3.23. The Morgan fingerprint density at radius 1 is 0.322 bits per heavy atom. The van der Waals surface area contributed by atoms with E-state index in [2.05, 4.69) is 57.2 Å². The molecule has 0 bridgehead atoms. The van der Waals surface area contributed by atoms with Gasteiger partial charge in [0.05, 0.1) is 0 Å². The van der Waals surface area contributed by atoms with E-state index in [-0.39, 0.29) is 31.1 Å². The van der Waals surface area contributed by atoms with Crippen molar-refractivity contribution in [2.75, 3.05) is 13.2 Å². The Kier molecular flexibility index (Phi) is 46.4. The molecule has 1 unspecified atom stereocenters. The summed E-state index contributed by atoms with van der Waals surface area (Å²) in [6.45, 7) is 6.57. The van der Waals surface area contributed by atoms with Gasteiger partial charge in [0.1, 0.15) is 13.2 Å². The van der Waals surface area contributed by atoms with Crippen molar-refractivity contribution in [2.24, 2.45) is 0 Å². The van der Waals surface area contributed by atoms with Crippen LogP contribution in [-0.4, -0.2) is 37.2 Å². The first-order chi connectivity index (χ1) is 29.0. The Balaban J connectivity index is 4.33. The van der Waals surface area contributed by atoms with E-state index in [4.69, 9.17) is 14.2 Å². The number of carbonyl (C=O) groups excluding carboxylic acids is 3. The standard InChI is InChI=1S/C53H96O6/c1-4-7-10-13-16-19-21-23-25-26-28-29-31-34-37-40-43-46-52(55)58-49-50(48-57-51(54)45-42-39-36-33-18-15-12-9-6-3)59-53(56)47-44-41-38-35-32-30-27-24-22-20-17-14-11-8-5-2/h20,22-23,25,33,36,50H,4-19,21,24,26-32,34-35,37-49H2,1-3H3/b22-20-,25-23-,36-33-. The first kappa shape index (κ1) is 56.6. The number of unbranched alkanes of at least 4 members (excludes halogenated alkanes) is 29. The zero-order valence-corrected chi connectivity index (χ0v) is 39.3. The van der Waals surface area contributed by atoms with Crippen molar-refractivity contribution in [3.63, 3.8) is 0 Å². The van der Waals surface area contributed by atoms with Crippen molar-refractivity contribution in [1.29, 1.82) is 0 Å². The number of ether oxygens (including phenoxy) is 3. The lowest BCUT2D eigenvalue weighted by Gasteiger charge is -2.18. The number of hydrogen-bond acceptors (Lipinski definition) is 6. The van der Waals surface area contributed by atoms with E-state index in [0.29, 0.717) is 19.3 Å². The maximum atomic E-state index is 12.8. The summed E-state index contributed by atoms with van der Waals surface area (Å²) >= 11 is 0. The molecule has 0 aliphatic carbocycles. The molecule has 344 valence electrons. The molecule has 0 heterocycles. The van der Waals surface area contributed by atoms with Crippen LogP contribution in [0.15, 0.2) is 36.5 Å². The first-order valence-electron chi connectivity index (χ1n) is 25.5. The van der Waals surface area contributed by atoms with Crippen molar-refractivity contribution >= 4 is 17.9 Å². The quantitative estimate of drug-likeness (QED) is 0.0263. The molecule has 0 amide bonds. The van der Waals surface area contributed by atoms with Crippen LogP contribution in [0.5, 0.6) is 0 Å². The molecule has 0 fully saturated rings. The summed E-state index contributed by atoms with van der Waals surface area (Å²) in [6.07, 6.45) is 55.6. The maximum Gasteiger partial charge on any atom is 0.306 e. The zero-order valence-electron chi connectivity index (χ0n) is 39.3. The van der Waals surface area contributed by atoms with E-state index in [0.717, 1.165) is 57.8 Å². The summed E-state index contributed by atoms with van der Waals surface area (Å²) in [5.74, 6) is -0.922. The summed E-state index contributed by atoms with van der Waals surface area (Å²) in [7, 11) is 0. The summed E-state index contributed by atoms with van der Waals surface area (Å²) in [5.41, 5.74) is 0. The Bertz CT molecular complexity index is 1000. The van der Waals surface area contributed by atoms with E-state index in [1.54, 1.807) is 0 Å². The zero-order chi connectivity index (χ0) is 43.0. The highest BCUT2D eigenvalue weighted by Crippen LogP contribution is 2.14. The number of rotatable bonds is 46. The highest BCUT2D eigenvalue weighted by Gasteiger charge is 2.19. The summed E-state index contributed by atoms with van der Waals surface area (Å²) in [6, 6.07) is 0. The molecule has 0 aromatic heterocycles. The fourth-order valence-corrected chi connectivity index (χ4v) is 7.20. The average molecular weight is 829 g/mol. The highest BCUT2D eigenvalue weighted by molar-refractivity contribution is 5.71. The third-order valence-corrected chi connectivity index (χ3v) is 11.1. The first-order valence-corrected chi connectivity index (χ1v) is 25.5. The van der Waals surface area contributed by atoms with Gasteiger partial charge >= 0.3 is 17.9 Å². The van der Waals surface area contributed by atoms with Crippen molar-refractivity contribution in [3.8, 4) is 0 Å². The van der Waals surface area contributed by atoms with Gasteiger partial charge in [0.2, 0.25) is 0 Å². The molecule has 0 radical (unpaired) electrons. The normalized spacial score (nSPS) is 12.3. The number of esters is 3. The molecule has 0 aromatic carbocycles. The SMILES string of the molecule is CCCCCC/C=C\CCCCCCCCCC(=O)OC(COC(=O)CCC/C=C\CCCCCC)COC(=O)CCCCCCCCC/C=C\CCCCCCCC. The summed E-state index contributed by atoms with van der Waals surface area (Å²) in [4.78, 5) is 37.8. The monoisotopic (exact) mass is 829 g/mol. The molecule has 0 N–H and O–H groups in total. The highest BCUT2D eigenvalue weighted by atomic mass is 16.6. The maximum absolute atomic E-state index is 12.8. The van der Waals surface area contributed by atoms with E-state index in [1.165, 1.54) is 167 Å². The van der Waals surface area contributed by atoms with Crippen LogP contribution in [0.4, 0.5) is 0 Å². The third kappa shape index (κ3) is 46.5. The Hall–Kier alpha value is -2.37. The molecular formula is C53H96O6. The van der Waals surface area contributed by atoms with Crippen LogP contribution in [0.1, 0.15) is 265 Å². The van der Waals surface area contributed by atoms with Gasteiger partial charge in [0.15, 0.2) is 6.10 Å². The van der Waals surface area contributed by atoms with Crippen LogP contribution < -0.4 is 0 Å². The Morgan fingerprint density at radius 2 is 0.576 bits per heavy atom. The van der Waals surface area contributed by atoms with Gasteiger partial charge in [-0.15, -0.1) is 0 Å². The minimum Gasteiger partial charge on any atom is -0.462 e. The fourth-order valence-electron chi connectivity index (χ4n) is 7.20. The molecule has 0 aliphatic heterocycles. The van der Waals surface area contributed by atoms with Gasteiger partial charge in [-0.2, -0.15) is 0 Å². The molecule has 0 saturated carbocycles. The lowest BCUT2D eigenvalue weighted by Crippen LogP contribution is -2.30. The number of hydrogen-bond donors (Lipinski definition) is 0. The van der Waals surface area contributed by atoms with Gasteiger partial charge < -0.3 is 14.2 Å². The fraction of sp³-hybridized carbons (Fsp3) is 0.830. The van der Waals surface area contributed by atoms with E-state index in [9.17, 15) is 14.4 Å². The van der Waals surface area contributed by atoms with Crippen LogP contribution in [0.25, 0.3) is 0 Å². The van der Waals surface area contributed by atoms with E-state index >= 15 is 0 Å². The van der Waals surface area contributed by atoms with Crippen molar-refractivity contribution in [1.82, 2.24) is 0 Å². The van der Waals surface area contributed by atoms with Crippen LogP contribution in [0, 0.1) is 0 Å². The molecule has 0 rings (SSSR count). The van der Waals surface area contributed by atoms with E-state index < -0.39 is 6.10 Å². The van der Waals surface area contributed by atoms with Gasteiger partial charge in [-0.25, -0.2) is 0 Å². The molecule has 0 aromatic rings. The minimum atomic E-state index is -0.783. The molecule has 1 atom stereocenters. The topological polar surface area (TPSA) is 78.9 Å². The third-order valence-electron chi connectivity index (χ3n) is 11.1. The molecule has 0 saturated heterocycles. The number of carbonyl (C=O) groups is 3. The van der Waals surface area contributed by atoms with Crippen molar-refractivity contribution in [3.05, 3.63) is 36.5 Å². The molecule has 59 heavy (non-hydrogen) atoms. The minimum absolute atomic E-state index is 0.0833. The van der Waals surface area contributed by atoms with Gasteiger partial charge in [0, 0.05) is 19.3 Å². The number of allylic oxidation sites excluding steroid dienone is 6. The summed E-state index contributed by atoms with van der Waals surface area (Å²) in [5, 5.41) is 0. The largest absolute Gasteiger partial charge is 0.462 e. The smallest absolute Gasteiger partial charge is 0.306 e. The molecule has 6 nitrogen and oxygen atoms in total. The van der Waals surface area contributed by atoms with Crippen LogP contribution in [0.2, 0.25) is 0 Å². The molecule has 0 aliphatic rings. The molecule has 6 heteroatoms. The van der Waals surface area contributed by atoms with Crippen LogP contribution in [0.3, 0.4) is 0 Å². The molecular weight excluding hydrogens is 733 g/mol. The lowest BCUT2D eigenvalue weighted by molar-refractivity contribution is -0.167. The van der Waals surface area contributed by atoms with Crippen LogP contribution >= 0.6 is 0 Å². The lowest BCUT2D eigenvalue weighted by atomic mass is 10.1. The second-order valence-electron chi connectivity index (χ2n) is 17.1. The Labute approximate surface area is 365 Å². The van der Waals surface area contributed by atoms with Gasteiger partial charge in [-0.1, -0.05) is 192 Å². The molecule has 0 spiro atoms. The predicted molar refractivity (Wildman–Crippen MR) is 252 cm³/mol. The van der Waals surface area contributed by atoms with Gasteiger partial charge in [-0.05, 0) is 89.9 Å². The second kappa shape index (κ2) is 48.3. The van der Waals surface area contributed by atoms with E-state index in [1.807, 2.05) is 0 Å². The predicted octanol–water partition coefficient (Wildman–Crippen LogP) is 16.5. The van der Waals surface area contributed by atoms with Crippen molar-refractivity contribution < 1.29 is 28.6 Å².